The Kier molecular flexibility index (Phi) is 3.49. The van der Waals surface area contributed by atoms with E-state index >= 15 is 0 Å². The Balaban J connectivity index is 2.24. The number of carbonyl (C=O) groups is 1. The van der Waals surface area contributed by atoms with Crippen LogP contribution in [0.5, 0.6) is 0 Å². The van der Waals surface area contributed by atoms with Gasteiger partial charge in [-0.2, -0.15) is 0 Å². The summed E-state index contributed by atoms with van der Waals surface area (Å²) in [5, 5.41) is 20.7. The third-order valence-electron chi connectivity index (χ3n) is 2.30. The van der Waals surface area contributed by atoms with Gasteiger partial charge >= 0.3 is 5.97 Å². The molecule has 1 rings (SSSR count). The van der Waals surface area contributed by atoms with Crippen LogP contribution in [0, 0.1) is 5.92 Å². The van der Waals surface area contributed by atoms with Gasteiger partial charge in [0.15, 0.2) is 6.10 Å². The van der Waals surface area contributed by atoms with Crippen LogP contribution in [0.25, 0.3) is 0 Å². The molecule has 4 heteroatoms. The van der Waals surface area contributed by atoms with E-state index in [1.807, 2.05) is 0 Å². The number of piperidine rings is 1. The normalized spacial score (nSPS) is 22.1. The fraction of sp³-hybridized carbons (Fsp3) is 0.875. The van der Waals surface area contributed by atoms with Gasteiger partial charge in [-0.25, -0.2) is 4.79 Å². The molecule has 0 amide bonds. The highest BCUT2D eigenvalue weighted by molar-refractivity contribution is 5.71. The molecule has 12 heavy (non-hydrogen) atoms. The minimum Gasteiger partial charge on any atom is -0.479 e. The van der Waals surface area contributed by atoms with E-state index in [1.165, 1.54) is 0 Å². The Hall–Kier alpha value is -0.610. The monoisotopic (exact) mass is 173 g/mol. The summed E-state index contributed by atoms with van der Waals surface area (Å²) in [6.45, 7) is 1.88. The van der Waals surface area contributed by atoms with Crippen LogP contribution >= 0.6 is 0 Å². The van der Waals surface area contributed by atoms with E-state index in [9.17, 15) is 4.79 Å². The van der Waals surface area contributed by atoms with Gasteiger partial charge < -0.3 is 15.5 Å². The van der Waals surface area contributed by atoms with Gasteiger partial charge in [-0.15, -0.1) is 0 Å². The summed E-state index contributed by atoms with van der Waals surface area (Å²) in [4.78, 5) is 10.3. The zero-order chi connectivity index (χ0) is 8.97. The highest BCUT2D eigenvalue weighted by Gasteiger charge is 2.21. The molecule has 0 radical (unpaired) electrons. The van der Waals surface area contributed by atoms with Crippen LogP contribution in [0.2, 0.25) is 0 Å². The van der Waals surface area contributed by atoms with Crippen LogP contribution in [0.4, 0.5) is 0 Å². The molecule has 1 aliphatic heterocycles. The second kappa shape index (κ2) is 4.42. The van der Waals surface area contributed by atoms with E-state index in [0.717, 1.165) is 25.9 Å². The molecule has 1 fully saturated rings. The maximum Gasteiger partial charge on any atom is 0.332 e. The van der Waals surface area contributed by atoms with Gasteiger partial charge in [0.1, 0.15) is 0 Å². The predicted octanol–water partition coefficient (Wildman–Crippen LogP) is -0.178. The smallest absolute Gasteiger partial charge is 0.332 e. The number of hydrogen-bond donors (Lipinski definition) is 3. The molecule has 0 aromatic carbocycles. The number of carboxylic acid groups (broad SMARTS) is 1. The van der Waals surface area contributed by atoms with E-state index in [2.05, 4.69) is 5.32 Å². The predicted molar refractivity (Wildman–Crippen MR) is 43.9 cm³/mol. The molecule has 0 aromatic heterocycles. The van der Waals surface area contributed by atoms with Gasteiger partial charge in [0.25, 0.3) is 0 Å². The molecular formula is C8H15NO3. The number of nitrogens with one attached hydrogen (secondary N) is 1. The Bertz CT molecular complexity index is 154. The highest BCUT2D eigenvalue weighted by atomic mass is 16.4. The molecule has 0 aliphatic carbocycles. The van der Waals surface area contributed by atoms with Gasteiger partial charge in [0.05, 0.1) is 0 Å². The van der Waals surface area contributed by atoms with Gasteiger partial charge in [0.2, 0.25) is 0 Å². The van der Waals surface area contributed by atoms with Crippen molar-refractivity contribution in [3.8, 4) is 0 Å². The molecule has 1 saturated heterocycles. The summed E-state index contributed by atoms with van der Waals surface area (Å²) in [7, 11) is 0. The molecule has 1 atom stereocenters. The average Bonchev–Trinajstić information content (AvgIpc) is 2.06. The first-order valence-electron chi connectivity index (χ1n) is 4.31. The molecule has 0 bridgehead atoms. The molecule has 0 spiro atoms. The van der Waals surface area contributed by atoms with Crippen molar-refractivity contribution >= 4 is 5.97 Å². The summed E-state index contributed by atoms with van der Waals surface area (Å²) in [5.74, 6) is -0.731. The lowest BCUT2D eigenvalue weighted by Crippen LogP contribution is -2.31. The van der Waals surface area contributed by atoms with Crippen LogP contribution < -0.4 is 5.32 Å². The van der Waals surface area contributed by atoms with Crippen molar-refractivity contribution in [1.29, 1.82) is 0 Å². The summed E-state index contributed by atoms with van der Waals surface area (Å²) in [6.07, 6.45) is 1.18. The van der Waals surface area contributed by atoms with Crippen molar-refractivity contribution in [2.24, 2.45) is 5.92 Å². The molecule has 0 saturated carbocycles. The minimum absolute atomic E-state index is 0.373. The van der Waals surface area contributed by atoms with Crippen molar-refractivity contribution in [2.75, 3.05) is 13.1 Å². The van der Waals surface area contributed by atoms with E-state index in [1.54, 1.807) is 0 Å². The number of aliphatic hydroxyl groups is 1. The zero-order valence-electron chi connectivity index (χ0n) is 6.99. The molecule has 3 N–H and O–H groups in total. The van der Waals surface area contributed by atoms with Crippen LogP contribution in [0.3, 0.4) is 0 Å². The van der Waals surface area contributed by atoms with E-state index in [0.29, 0.717) is 12.3 Å². The summed E-state index contributed by atoms with van der Waals surface area (Å²) >= 11 is 0. The molecule has 1 aliphatic rings. The standard InChI is InChI=1S/C8H15NO3/c10-7(8(11)12)5-6-1-3-9-4-2-6/h6-7,9-10H,1-5H2,(H,11,12). The molecule has 1 heterocycles. The maximum atomic E-state index is 10.3. The van der Waals surface area contributed by atoms with Crippen molar-refractivity contribution in [2.45, 2.75) is 25.4 Å². The third-order valence-corrected chi connectivity index (χ3v) is 2.30. The van der Waals surface area contributed by atoms with Gasteiger partial charge in [-0.1, -0.05) is 0 Å². The van der Waals surface area contributed by atoms with Crippen molar-refractivity contribution in [3.63, 3.8) is 0 Å². The van der Waals surface area contributed by atoms with Gasteiger partial charge in [-0.05, 0) is 38.3 Å². The Labute approximate surface area is 71.6 Å². The zero-order valence-corrected chi connectivity index (χ0v) is 6.99. The van der Waals surface area contributed by atoms with E-state index in [4.69, 9.17) is 10.2 Å². The number of rotatable bonds is 3. The molecule has 70 valence electrons. The van der Waals surface area contributed by atoms with Crippen molar-refractivity contribution in [1.82, 2.24) is 5.32 Å². The Morgan fingerprint density at radius 2 is 2.08 bits per heavy atom. The van der Waals surface area contributed by atoms with Crippen LogP contribution in [0.15, 0.2) is 0 Å². The molecule has 0 aromatic rings. The first-order chi connectivity index (χ1) is 5.70. The quantitative estimate of drug-likeness (QED) is 0.554. The third kappa shape index (κ3) is 2.79. The topological polar surface area (TPSA) is 69.6 Å². The molecule has 4 nitrogen and oxygen atoms in total. The van der Waals surface area contributed by atoms with Crippen LogP contribution in [0.1, 0.15) is 19.3 Å². The van der Waals surface area contributed by atoms with Crippen LogP contribution in [-0.4, -0.2) is 35.4 Å². The Morgan fingerprint density at radius 3 is 2.58 bits per heavy atom. The summed E-state index contributed by atoms with van der Waals surface area (Å²) < 4.78 is 0. The second-order valence-electron chi connectivity index (χ2n) is 3.28. The maximum absolute atomic E-state index is 10.3. The lowest BCUT2D eigenvalue weighted by molar-refractivity contribution is -0.147. The van der Waals surface area contributed by atoms with Crippen LogP contribution in [-0.2, 0) is 4.79 Å². The second-order valence-corrected chi connectivity index (χ2v) is 3.28. The number of hydrogen-bond acceptors (Lipinski definition) is 3. The summed E-state index contributed by atoms with van der Waals surface area (Å²) in [6, 6.07) is 0. The fourth-order valence-corrected chi connectivity index (χ4v) is 1.53. The number of carboxylic acids is 1. The van der Waals surface area contributed by atoms with Crippen molar-refractivity contribution < 1.29 is 15.0 Å². The average molecular weight is 173 g/mol. The number of aliphatic carboxylic acids is 1. The number of aliphatic hydroxyl groups excluding tert-OH is 1. The first kappa shape index (κ1) is 9.48. The lowest BCUT2D eigenvalue weighted by Gasteiger charge is -2.23. The highest BCUT2D eigenvalue weighted by Crippen LogP contribution is 2.17. The van der Waals surface area contributed by atoms with E-state index < -0.39 is 12.1 Å². The Morgan fingerprint density at radius 1 is 1.50 bits per heavy atom. The summed E-state index contributed by atoms with van der Waals surface area (Å²) in [5.41, 5.74) is 0. The fourth-order valence-electron chi connectivity index (χ4n) is 1.53. The lowest BCUT2D eigenvalue weighted by atomic mass is 9.92. The van der Waals surface area contributed by atoms with Gasteiger partial charge in [-0.3, -0.25) is 0 Å². The van der Waals surface area contributed by atoms with Crippen molar-refractivity contribution in [3.05, 3.63) is 0 Å². The largest absolute Gasteiger partial charge is 0.479 e. The van der Waals surface area contributed by atoms with E-state index in [-0.39, 0.29) is 0 Å². The molecule has 1 unspecified atom stereocenters. The minimum atomic E-state index is -1.17. The first-order valence-corrected chi connectivity index (χ1v) is 4.31. The molecular weight excluding hydrogens is 158 g/mol. The SMILES string of the molecule is O=C(O)C(O)CC1CCNCC1. The van der Waals surface area contributed by atoms with Gasteiger partial charge in [0, 0.05) is 0 Å².